The van der Waals surface area contributed by atoms with Gasteiger partial charge in [0.15, 0.2) is 11.5 Å². The quantitative estimate of drug-likeness (QED) is 0.493. The third-order valence-corrected chi connectivity index (χ3v) is 6.23. The molecule has 0 spiro atoms. The number of rotatable bonds is 4. The third-order valence-electron chi connectivity index (χ3n) is 6.23. The molecule has 0 unspecified atom stereocenters. The Morgan fingerprint density at radius 2 is 1.85 bits per heavy atom. The van der Waals surface area contributed by atoms with Crippen molar-refractivity contribution in [3.63, 3.8) is 0 Å². The van der Waals surface area contributed by atoms with Crippen molar-refractivity contribution >= 4 is 23.3 Å². The molecule has 1 amide bonds. The Bertz CT molecular complexity index is 1350. The molecule has 0 aliphatic carbocycles. The monoisotopic (exact) mass is 445 g/mol. The molecule has 1 fully saturated rings. The molecule has 4 aromatic rings. The van der Waals surface area contributed by atoms with E-state index in [1.165, 1.54) is 16.3 Å². The Morgan fingerprint density at radius 1 is 1.12 bits per heavy atom. The Labute approximate surface area is 189 Å². The van der Waals surface area contributed by atoms with Crippen LogP contribution in [-0.2, 0) is 7.05 Å². The van der Waals surface area contributed by atoms with Crippen molar-refractivity contribution in [2.45, 2.75) is 18.8 Å². The van der Waals surface area contributed by atoms with Gasteiger partial charge in [-0.3, -0.25) is 9.48 Å². The van der Waals surface area contributed by atoms with Crippen molar-refractivity contribution in [1.82, 2.24) is 29.3 Å². The van der Waals surface area contributed by atoms with Crippen LogP contribution in [0.1, 0.15) is 45.0 Å². The fourth-order valence-corrected chi connectivity index (χ4v) is 4.53. The topological polar surface area (TPSA) is 132 Å². The maximum atomic E-state index is 13.6. The highest BCUT2D eigenvalue weighted by atomic mass is 16.4. The van der Waals surface area contributed by atoms with Gasteiger partial charge in [-0.25, -0.2) is 14.3 Å². The van der Waals surface area contributed by atoms with Crippen LogP contribution in [0.2, 0.25) is 0 Å². The Kier molecular flexibility index (Phi) is 5.04. The van der Waals surface area contributed by atoms with Gasteiger partial charge in [0.1, 0.15) is 11.3 Å². The summed E-state index contributed by atoms with van der Waals surface area (Å²) in [5.41, 5.74) is 8.39. The number of anilines is 1. The van der Waals surface area contributed by atoms with E-state index in [-0.39, 0.29) is 22.9 Å². The van der Waals surface area contributed by atoms with Crippen LogP contribution in [0.25, 0.3) is 17.0 Å². The van der Waals surface area contributed by atoms with Crippen molar-refractivity contribution in [2.24, 2.45) is 7.05 Å². The molecule has 168 valence electrons. The summed E-state index contributed by atoms with van der Waals surface area (Å²) in [4.78, 5) is 31.4. The van der Waals surface area contributed by atoms with E-state index in [0.29, 0.717) is 36.0 Å². The van der Waals surface area contributed by atoms with E-state index in [0.717, 1.165) is 12.8 Å². The van der Waals surface area contributed by atoms with Crippen molar-refractivity contribution in [2.75, 3.05) is 18.8 Å². The standard InChI is InChI=1S/C23H23N7O3/c1-28-17(7-10-26-28)19-16(13-25-21-18(23(32)33)20(24)27-30(19)21)22(31)29-11-8-15(9-12-29)14-5-3-2-4-6-14/h2-7,10,13,15H,8-9,11-12H2,1H3,(H2,24,27)(H,32,33). The highest BCUT2D eigenvalue weighted by molar-refractivity contribution is 6.03. The van der Waals surface area contributed by atoms with Crippen LogP contribution in [0.5, 0.6) is 0 Å². The summed E-state index contributed by atoms with van der Waals surface area (Å²) in [6.45, 7) is 1.23. The molecular formula is C23H23N7O3. The number of likely N-dealkylation sites (tertiary alicyclic amines) is 1. The van der Waals surface area contributed by atoms with E-state index in [1.807, 2.05) is 23.1 Å². The molecule has 33 heavy (non-hydrogen) atoms. The molecular weight excluding hydrogens is 422 g/mol. The maximum Gasteiger partial charge on any atom is 0.343 e. The maximum absolute atomic E-state index is 13.6. The van der Waals surface area contributed by atoms with Crippen LogP contribution in [0.4, 0.5) is 5.82 Å². The predicted octanol–water partition coefficient (Wildman–Crippen LogP) is 2.43. The largest absolute Gasteiger partial charge is 0.477 e. The molecule has 1 aliphatic heterocycles. The van der Waals surface area contributed by atoms with Gasteiger partial charge in [-0.1, -0.05) is 30.3 Å². The smallest absolute Gasteiger partial charge is 0.343 e. The van der Waals surface area contributed by atoms with Crippen LogP contribution in [0.15, 0.2) is 48.8 Å². The number of hydrogen-bond donors (Lipinski definition) is 2. The average molecular weight is 445 g/mol. The Hall–Kier alpha value is -4.21. The first-order chi connectivity index (χ1) is 16.0. The lowest BCUT2D eigenvalue weighted by atomic mass is 9.89. The molecule has 3 aromatic heterocycles. The van der Waals surface area contributed by atoms with Crippen LogP contribution < -0.4 is 5.73 Å². The van der Waals surface area contributed by atoms with Gasteiger partial charge < -0.3 is 15.7 Å². The number of nitrogens with zero attached hydrogens (tertiary/aromatic N) is 6. The number of nitrogens with two attached hydrogens (primary N) is 1. The van der Waals surface area contributed by atoms with Crippen LogP contribution >= 0.6 is 0 Å². The van der Waals surface area contributed by atoms with Crippen molar-refractivity contribution in [3.8, 4) is 11.4 Å². The van der Waals surface area contributed by atoms with Gasteiger partial charge in [-0.2, -0.15) is 5.10 Å². The van der Waals surface area contributed by atoms with E-state index in [9.17, 15) is 14.7 Å². The van der Waals surface area contributed by atoms with E-state index in [1.54, 1.807) is 24.0 Å². The van der Waals surface area contributed by atoms with Gasteiger partial charge in [-0.05, 0) is 30.4 Å². The number of amides is 1. The first-order valence-corrected chi connectivity index (χ1v) is 10.7. The van der Waals surface area contributed by atoms with E-state index < -0.39 is 5.97 Å². The summed E-state index contributed by atoms with van der Waals surface area (Å²) in [7, 11) is 1.74. The molecule has 1 saturated heterocycles. The molecule has 0 bridgehead atoms. The van der Waals surface area contributed by atoms with Gasteiger partial charge in [0.05, 0.1) is 11.3 Å². The number of hydrogen-bond acceptors (Lipinski definition) is 6. The third kappa shape index (κ3) is 3.49. The van der Waals surface area contributed by atoms with Gasteiger partial charge in [0.2, 0.25) is 0 Å². The zero-order chi connectivity index (χ0) is 23.1. The number of carbonyl (C=O) groups is 2. The fourth-order valence-electron chi connectivity index (χ4n) is 4.53. The zero-order valence-corrected chi connectivity index (χ0v) is 18.0. The molecule has 1 aromatic carbocycles. The van der Waals surface area contributed by atoms with Crippen LogP contribution in [0.3, 0.4) is 0 Å². The number of nitrogen functional groups attached to an aromatic ring is 1. The predicted molar refractivity (Wildman–Crippen MR) is 121 cm³/mol. The Morgan fingerprint density at radius 3 is 2.48 bits per heavy atom. The van der Waals surface area contributed by atoms with Crippen LogP contribution in [0, 0.1) is 0 Å². The SMILES string of the molecule is Cn1nccc1-c1c(C(=O)N2CCC(c3ccccc3)CC2)cnc2c(C(=O)O)c(N)nn12. The lowest BCUT2D eigenvalue weighted by Gasteiger charge is -2.32. The highest BCUT2D eigenvalue weighted by Crippen LogP contribution is 2.31. The van der Waals surface area contributed by atoms with Crippen molar-refractivity contribution < 1.29 is 14.7 Å². The summed E-state index contributed by atoms with van der Waals surface area (Å²) >= 11 is 0. The number of aromatic carboxylic acids is 1. The highest BCUT2D eigenvalue weighted by Gasteiger charge is 2.30. The normalized spacial score (nSPS) is 14.6. The average Bonchev–Trinajstić information content (AvgIpc) is 3.40. The number of carboxylic acid groups (broad SMARTS) is 1. The van der Waals surface area contributed by atoms with E-state index in [2.05, 4.69) is 27.3 Å². The minimum atomic E-state index is -1.23. The molecule has 10 heteroatoms. The number of benzene rings is 1. The first-order valence-electron chi connectivity index (χ1n) is 10.7. The summed E-state index contributed by atoms with van der Waals surface area (Å²) < 4.78 is 2.94. The van der Waals surface area contributed by atoms with Gasteiger partial charge in [-0.15, -0.1) is 5.10 Å². The first kappa shape index (κ1) is 20.7. The lowest BCUT2D eigenvalue weighted by molar-refractivity contribution is 0.0696. The fraction of sp³-hybridized carbons (Fsp3) is 0.261. The zero-order valence-electron chi connectivity index (χ0n) is 18.0. The summed E-state index contributed by atoms with van der Waals surface area (Å²) in [5, 5.41) is 18.0. The minimum absolute atomic E-state index is 0.0792. The number of carboxylic acids is 1. The summed E-state index contributed by atoms with van der Waals surface area (Å²) in [5.74, 6) is -1.16. The van der Waals surface area contributed by atoms with Crippen molar-refractivity contribution in [1.29, 1.82) is 0 Å². The number of aromatic nitrogens is 5. The molecule has 10 nitrogen and oxygen atoms in total. The molecule has 1 aliphatic rings. The van der Waals surface area contributed by atoms with Gasteiger partial charge >= 0.3 is 5.97 Å². The number of carbonyl (C=O) groups excluding carboxylic acids is 1. The number of piperidine rings is 1. The number of fused-ring (bicyclic) bond motifs is 1. The second-order valence-corrected chi connectivity index (χ2v) is 8.14. The summed E-state index contributed by atoms with van der Waals surface area (Å²) in [6.07, 6.45) is 4.75. The van der Waals surface area contributed by atoms with Gasteiger partial charge in [0.25, 0.3) is 5.91 Å². The second kappa shape index (κ2) is 8.05. The number of aryl methyl sites for hydroxylation is 1. The van der Waals surface area contributed by atoms with Crippen LogP contribution in [-0.4, -0.2) is 59.4 Å². The Balaban J connectivity index is 1.54. The van der Waals surface area contributed by atoms with E-state index >= 15 is 0 Å². The molecule has 5 rings (SSSR count). The molecule has 4 heterocycles. The second-order valence-electron chi connectivity index (χ2n) is 8.14. The molecule has 0 atom stereocenters. The molecule has 0 radical (unpaired) electrons. The summed E-state index contributed by atoms with van der Waals surface area (Å²) in [6, 6.07) is 12.1. The lowest BCUT2D eigenvalue weighted by Crippen LogP contribution is -2.38. The van der Waals surface area contributed by atoms with Gasteiger partial charge in [0, 0.05) is 32.5 Å². The van der Waals surface area contributed by atoms with Crippen molar-refractivity contribution in [3.05, 3.63) is 65.5 Å². The molecule has 0 saturated carbocycles. The molecule has 3 N–H and O–H groups in total. The van der Waals surface area contributed by atoms with E-state index in [4.69, 9.17) is 5.73 Å². The minimum Gasteiger partial charge on any atom is -0.477 e.